The molecule has 0 spiro atoms. The van der Waals surface area contributed by atoms with E-state index in [9.17, 15) is 8.76 Å². The number of terminal acetylenes is 1. The highest BCUT2D eigenvalue weighted by Crippen LogP contribution is 2.00. The molecule has 0 aliphatic rings. The fourth-order valence-corrected chi connectivity index (χ4v) is 0.911. The molecular formula is C9H7O4S-. The third-order valence-electron chi connectivity index (χ3n) is 1.06. The van der Waals surface area contributed by atoms with E-state index in [1.807, 2.05) is 0 Å². The summed E-state index contributed by atoms with van der Waals surface area (Å²) in [6, 6.07) is 8.23. The first-order chi connectivity index (χ1) is 6.57. The van der Waals surface area contributed by atoms with Crippen molar-refractivity contribution in [1.82, 2.24) is 0 Å². The van der Waals surface area contributed by atoms with Gasteiger partial charge in [0.25, 0.3) is 0 Å². The van der Waals surface area contributed by atoms with Crippen LogP contribution in [-0.2, 0) is 15.9 Å². The summed E-state index contributed by atoms with van der Waals surface area (Å²) in [5.74, 6) is 0.227. The van der Waals surface area contributed by atoms with Crippen LogP contribution in [0.2, 0.25) is 0 Å². The molecule has 5 heteroatoms. The lowest BCUT2D eigenvalue weighted by atomic mass is 10.4. The monoisotopic (exact) mass is 211 g/mol. The second kappa shape index (κ2) is 6.83. The van der Waals surface area contributed by atoms with Crippen LogP contribution in [0.3, 0.4) is 0 Å². The van der Waals surface area contributed by atoms with Crippen LogP contribution < -0.4 is 0 Å². The molecular weight excluding hydrogens is 204 g/mol. The molecule has 4 nitrogen and oxygen atoms in total. The molecule has 0 heterocycles. The molecule has 0 saturated heterocycles. The van der Waals surface area contributed by atoms with Crippen LogP contribution in [0, 0.1) is 12.3 Å². The van der Waals surface area contributed by atoms with Crippen molar-refractivity contribution < 1.29 is 18.7 Å². The van der Waals surface area contributed by atoms with Crippen LogP contribution in [-0.4, -0.2) is 19.8 Å². The predicted molar refractivity (Wildman–Crippen MR) is 50.1 cm³/mol. The maximum Gasteiger partial charge on any atom is 0.381 e. The van der Waals surface area contributed by atoms with E-state index >= 15 is 0 Å². The normalized spacial score (nSPS) is 10.3. The van der Waals surface area contributed by atoms with Crippen LogP contribution in [0.5, 0.6) is 0 Å². The Kier molecular flexibility index (Phi) is 6.03. The number of hydrogen-bond acceptors (Lipinski definition) is 3. The maximum atomic E-state index is 10.2. The zero-order valence-electron chi connectivity index (χ0n) is 7.04. The van der Waals surface area contributed by atoms with Crippen molar-refractivity contribution in [3.05, 3.63) is 30.3 Å². The van der Waals surface area contributed by atoms with Crippen molar-refractivity contribution in [2.75, 3.05) is 0 Å². The number of rotatable bonds is 1. The van der Waals surface area contributed by atoms with Crippen LogP contribution in [0.15, 0.2) is 35.2 Å². The van der Waals surface area contributed by atoms with Gasteiger partial charge in [0.05, 0.1) is 0 Å². The number of hydrogen-bond donors (Lipinski definition) is 1. The van der Waals surface area contributed by atoms with E-state index in [1.54, 1.807) is 30.3 Å². The number of carboxylic acids is 1. The van der Waals surface area contributed by atoms with E-state index in [2.05, 4.69) is 6.42 Å². The van der Waals surface area contributed by atoms with E-state index in [0.717, 1.165) is 0 Å². The highest BCUT2D eigenvalue weighted by molar-refractivity contribution is 7.79. The van der Waals surface area contributed by atoms with Crippen molar-refractivity contribution in [1.29, 1.82) is 0 Å². The van der Waals surface area contributed by atoms with E-state index < -0.39 is 17.0 Å². The Labute approximate surface area is 83.9 Å². The van der Waals surface area contributed by atoms with Gasteiger partial charge in [-0.25, -0.2) is 4.79 Å². The van der Waals surface area contributed by atoms with Crippen molar-refractivity contribution in [2.24, 2.45) is 0 Å². The lowest BCUT2D eigenvalue weighted by Gasteiger charge is -2.01. The van der Waals surface area contributed by atoms with Gasteiger partial charge in [0, 0.05) is 10.8 Å². The molecule has 14 heavy (non-hydrogen) atoms. The molecule has 0 fully saturated rings. The molecule has 0 bridgehead atoms. The SMILES string of the molecule is C#CC(=O)O.O=S([O-])c1ccccc1. The van der Waals surface area contributed by atoms with Gasteiger partial charge in [-0.05, 0) is 23.2 Å². The molecule has 0 saturated carbocycles. The van der Waals surface area contributed by atoms with Crippen molar-refractivity contribution in [3.63, 3.8) is 0 Å². The first-order valence-corrected chi connectivity index (χ1v) is 4.49. The Hall–Kier alpha value is -1.64. The zero-order valence-corrected chi connectivity index (χ0v) is 7.86. The molecule has 1 unspecified atom stereocenters. The summed E-state index contributed by atoms with van der Waals surface area (Å²) >= 11 is -2.08. The summed E-state index contributed by atoms with van der Waals surface area (Å²) in [5, 5.41) is 7.49. The molecule has 1 atom stereocenters. The Morgan fingerprint density at radius 1 is 1.43 bits per heavy atom. The zero-order chi connectivity index (χ0) is 11.0. The molecule has 1 aromatic rings. The molecule has 0 aromatic heterocycles. The average Bonchev–Trinajstić information content (AvgIpc) is 2.20. The summed E-state index contributed by atoms with van der Waals surface area (Å²) < 4.78 is 20.4. The van der Waals surface area contributed by atoms with Gasteiger partial charge in [0.15, 0.2) is 0 Å². The summed E-state index contributed by atoms with van der Waals surface area (Å²) in [6.07, 6.45) is 4.32. The van der Waals surface area contributed by atoms with Gasteiger partial charge in [-0.15, -0.1) is 6.42 Å². The van der Waals surface area contributed by atoms with Gasteiger partial charge >= 0.3 is 5.97 Å². The number of benzene rings is 1. The highest BCUT2D eigenvalue weighted by Gasteiger charge is 1.84. The summed E-state index contributed by atoms with van der Waals surface area (Å²) in [5.41, 5.74) is 0. The fourth-order valence-electron chi connectivity index (χ4n) is 0.532. The number of aliphatic carboxylic acids is 1. The van der Waals surface area contributed by atoms with Crippen LogP contribution >= 0.6 is 0 Å². The Balaban J connectivity index is 0.000000292. The molecule has 1 rings (SSSR count). The first kappa shape index (κ1) is 12.4. The quantitative estimate of drug-likeness (QED) is 0.546. The maximum absolute atomic E-state index is 10.2. The second-order valence-corrected chi connectivity index (χ2v) is 2.94. The van der Waals surface area contributed by atoms with Gasteiger partial charge in [-0.1, -0.05) is 18.2 Å². The van der Waals surface area contributed by atoms with E-state index in [1.165, 1.54) is 5.92 Å². The molecule has 74 valence electrons. The van der Waals surface area contributed by atoms with Crippen LogP contribution in [0.4, 0.5) is 0 Å². The molecule has 0 radical (unpaired) electrons. The van der Waals surface area contributed by atoms with Gasteiger partial charge in [-0.3, -0.25) is 4.21 Å². The van der Waals surface area contributed by atoms with Crippen molar-refractivity contribution >= 4 is 17.0 Å². The molecule has 0 amide bonds. The minimum atomic E-state index is -2.08. The summed E-state index contributed by atoms with van der Waals surface area (Å²) in [6.45, 7) is 0. The Morgan fingerprint density at radius 2 is 1.86 bits per heavy atom. The summed E-state index contributed by atoms with van der Waals surface area (Å²) in [4.78, 5) is 9.46. The van der Waals surface area contributed by atoms with Gasteiger partial charge < -0.3 is 9.66 Å². The lowest BCUT2D eigenvalue weighted by molar-refractivity contribution is -0.130. The van der Waals surface area contributed by atoms with Crippen molar-refractivity contribution in [2.45, 2.75) is 4.90 Å². The lowest BCUT2D eigenvalue weighted by Crippen LogP contribution is -1.85. The van der Waals surface area contributed by atoms with Crippen LogP contribution in [0.1, 0.15) is 0 Å². The average molecular weight is 211 g/mol. The standard InChI is InChI=1S/C6H6O2S.C3H2O2/c7-9(8)6-4-2-1-3-5-6;1-2-3(4)5/h1-5H,(H,7,8);1H,(H,4,5)/p-1. The smallest absolute Gasteiger partial charge is 0.381 e. The van der Waals surface area contributed by atoms with Gasteiger partial charge in [0.2, 0.25) is 0 Å². The minimum Gasteiger partial charge on any atom is -0.768 e. The van der Waals surface area contributed by atoms with Gasteiger partial charge in [0.1, 0.15) is 0 Å². The second-order valence-electron chi connectivity index (χ2n) is 2.00. The fraction of sp³-hybridized carbons (Fsp3) is 0. The van der Waals surface area contributed by atoms with E-state index in [0.29, 0.717) is 4.90 Å². The Bertz CT molecular complexity index is 353. The molecule has 0 aliphatic heterocycles. The first-order valence-electron chi connectivity index (χ1n) is 3.41. The topological polar surface area (TPSA) is 77.4 Å². The highest BCUT2D eigenvalue weighted by atomic mass is 32.2. The minimum absolute atomic E-state index is 0.331. The van der Waals surface area contributed by atoms with Crippen LogP contribution in [0.25, 0.3) is 0 Å². The summed E-state index contributed by atoms with van der Waals surface area (Å²) in [7, 11) is 0. The molecule has 1 aromatic carbocycles. The van der Waals surface area contributed by atoms with Crippen molar-refractivity contribution in [3.8, 4) is 12.3 Å². The predicted octanol–water partition coefficient (Wildman–Crippen LogP) is 0.629. The Morgan fingerprint density at radius 3 is 2.07 bits per heavy atom. The van der Waals surface area contributed by atoms with E-state index in [4.69, 9.17) is 9.90 Å². The third kappa shape index (κ3) is 5.94. The third-order valence-corrected chi connectivity index (χ3v) is 1.72. The molecule has 1 N–H and O–H groups in total. The van der Waals surface area contributed by atoms with E-state index in [-0.39, 0.29) is 0 Å². The number of carbonyl (C=O) groups is 1. The largest absolute Gasteiger partial charge is 0.768 e. The molecule has 0 aliphatic carbocycles. The number of carboxylic acid groups (broad SMARTS) is 1. The van der Waals surface area contributed by atoms with Gasteiger partial charge in [-0.2, -0.15) is 0 Å².